The summed E-state index contributed by atoms with van der Waals surface area (Å²) in [7, 11) is 1.66. The molecule has 0 unspecified atom stereocenters. The number of amides is 2. The third-order valence-electron chi connectivity index (χ3n) is 5.21. The number of hydrogen-bond acceptors (Lipinski definition) is 4. The van der Waals surface area contributed by atoms with Gasteiger partial charge in [0.1, 0.15) is 5.75 Å². The van der Waals surface area contributed by atoms with Gasteiger partial charge in [-0.05, 0) is 61.3 Å². The van der Waals surface area contributed by atoms with Crippen molar-refractivity contribution in [1.82, 2.24) is 10.2 Å². The standard InChI is InChI=1S/C23H29N3O3/c1-17(27)25-20-9-5-18(6-10-20)15-23(28)24-16-22(26-13-3-4-14-26)19-7-11-21(29-2)12-8-19/h5-12,22H,3-4,13-16H2,1-2H3,(H,24,28)(H,25,27)/t22-/m0/s1. The largest absolute Gasteiger partial charge is 0.497 e. The number of methoxy groups -OCH3 is 1. The second-order valence-corrected chi connectivity index (χ2v) is 7.39. The molecule has 0 bridgehead atoms. The molecule has 0 aromatic heterocycles. The number of hydrogen-bond donors (Lipinski definition) is 2. The number of nitrogens with one attached hydrogen (secondary N) is 2. The first-order valence-electron chi connectivity index (χ1n) is 10.1. The van der Waals surface area contributed by atoms with Crippen LogP contribution in [0.2, 0.25) is 0 Å². The Morgan fingerprint density at radius 2 is 1.69 bits per heavy atom. The third-order valence-corrected chi connectivity index (χ3v) is 5.21. The SMILES string of the molecule is COc1ccc([C@H](CNC(=O)Cc2ccc(NC(C)=O)cc2)N2CCCC2)cc1. The Hall–Kier alpha value is -2.86. The predicted octanol–water partition coefficient (Wildman–Crippen LogP) is 3.15. The van der Waals surface area contributed by atoms with Crippen LogP contribution < -0.4 is 15.4 Å². The maximum absolute atomic E-state index is 12.5. The lowest BCUT2D eigenvalue weighted by Gasteiger charge is -2.28. The minimum absolute atomic E-state index is 0.00464. The van der Waals surface area contributed by atoms with Crippen molar-refractivity contribution in [1.29, 1.82) is 0 Å². The van der Waals surface area contributed by atoms with Gasteiger partial charge in [0.05, 0.1) is 19.6 Å². The summed E-state index contributed by atoms with van der Waals surface area (Å²) in [6, 6.07) is 15.6. The average Bonchev–Trinajstić information content (AvgIpc) is 3.24. The van der Waals surface area contributed by atoms with Crippen molar-refractivity contribution < 1.29 is 14.3 Å². The van der Waals surface area contributed by atoms with Crippen molar-refractivity contribution in [2.75, 3.05) is 32.1 Å². The Morgan fingerprint density at radius 1 is 1.03 bits per heavy atom. The molecule has 0 saturated carbocycles. The number of carbonyl (C=O) groups excluding carboxylic acids is 2. The molecule has 2 aromatic carbocycles. The molecule has 2 N–H and O–H groups in total. The summed E-state index contributed by atoms with van der Waals surface area (Å²) >= 11 is 0. The summed E-state index contributed by atoms with van der Waals surface area (Å²) in [4.78, 5) is 26.0. The van der Waals surface area contributed by atoms with Crippen molar-refractivity contribution in [2.24, 2.45) is 0 Å². The smallest absolute Gasteiger partial charge is 0.224 e. The lowest BCUT2D eigenvalue weighted by molar-refractivity contribution is -0.120. The minimum atomic E-state index is -0.109. The lowest BCUT2D eigenvalue weighted by Crippen LogP contribution is -2.37. The van der Waals surface area contributed by atoms with E-state index < -0.39 is 0 Å². The van der Waals surface area contributed by atoms with Gasteiger partial charge in [-0.1, -0.05) is 24.3 Å². The first kappa shape index (κ1) is 20.9. The molecule has 29 heavy (non-hydrogen) atoms. The molecule has 3 rings (SSSR count). The zero-order valence-corrected chi connectivity index (χ0v) is 17.1. The van der Waals surface area contributed by atoms with E-state index in [0.29, 0.717) is 13.0 Å². The zero-order chi connectivity index (χ0) is 20.6. The Kier molecular flexibility index (Phi) is 7.25. The molecule has 1 heterocycles. The van der Waals surface area contributed by atoms with Gasteiger partial charge in [-0.2, -0.15) is 0 Å². The molecule has 6 heteroatoms. The fourth-order valence-electron chi connectivity index (χ4n) is 3.70. The number of nitrogens with zero attached hydrogens (tertiary/aromatic N) is 1. The molecule has 1 aliphatic heterocycles. The van der Waals surface area contributed by atoms with E-state index in [1.165, 1.54) is 25.3 Å². The van der Waals surface area contributed by atoms with E-state index in [2.05, 4.69) is 27.7 Å². The first-order chi connectivity index (χ1) is 14.0. The van der Waals surface area contributed by atoms with Gasteiger partial charge in [0.25, 0.3) is 0 Å². The fourth-order valence-corrected chi connectivity index (χ4v) is 3.70. The molecule has 6 nitrogen and oxygen atoms in total. The zero-order valence-electron chi connectivity index (χ0n) is 17.1. The molecule has 0 spiro atoms. The summed E-state index contributed by atoms with van der Waals surface area (Å²) in [5.74, 6) is 0.720. The second kappa shape index (κ2) is 10.1. The van der Waals surface area contributed by atoms with Crippen LogP contribution in [0.3, 0.4) is 0 Å². The van der Waals surface area contributed by atoms with Crippen molar-refractivity contribution in [3.05, 3.63) is 59.7 Å². The van der Waals surface area contributed by atoms with E-state index in [1.54, 1.807) is 7.11 Å². The predicted molar refractivity (Wildman–Crippen MR) is 114 cm³/mol. The minimum Gasteiger partial charge on any atom is -0.497 e. The fraction of sp³-hybridized carbons (Fsp3) is 0.391. The van der Waals surface area contributed by atoms with Crippen molar-refractivity contribution in [3.8, 4) is 5.75 Å². The van der Waals surface area contributed by atoms with Crippen LogP contribution in [0.15, 0.2) is 48.5 Å². The Morgan fingerprint density at radius 3 is 2.28 bits per heavy atom. The molecule has 154 valence electrons. The second-order valence-electron chi connectivity index (χ2n) is 7.39. The molecule has 1 saturated heterocycles. The molecule has 2 amide bonds. The molecule has 2 aromatic rings. The Labute approximate surface area is 172 Å². The first-order valence-corrected chi connectivity index (χ1v) is 10.1. The van der Waals surface area contributed by atoms with E-state index in [0.717, 1.165) is 30.1 Å². The van der Waals surface area contributed by atoms with Crippen LogP contribution in [0.1, 0.15) is 36.9 Å². The van der Waals surface area contributed by atoms with Crippen LogP contribution in [0, 0.1) is 0 Å². The monoisotopic (exact) mass is 395 g/mol. The highest BCUT2D eigenvalue weighted by Crippen LogP contribution is 2.26. The van der Waals surface area contributed by atoms with Gasteiger partial charge >= 0.3 is 0 Å². The van der Waals surface area contributed by atoms with Gasteiger partial charge in [-0.15, -0.1) is 0 Å². The number of rotatable bonds is 8. The molecule has 0 radical (unpaired) electrons. The molecular weight excluding hydrogens is 366 g/mol. The van der Waals surface area contributed by atoms with Crippen molar-refractivity contribution >= 4 is 17.5 Å². The van der Waals surface area contributed by atoms with Gasteiger partial charge in [0.2, 0.25) is 11.8 Å². The van der Waals surface area contributed by atoms with E-state index in [9.17, 15) is 9.59 Å². The van der Waals surface area contributed by atoms with Crippen molar-refractivity contribution in [3.63, 3.8) is 0 Å². The Bertz CT molecular complexity index is 812. The number of carbonyl (C=O) groups is 2. The van der Waals surface area contributed by atoms with Crippen LogP contribution in [0.25, 0.3) is 0 Å². The highest BCUT2D eigenvalue weighted by molar-refractivity contribution is 5.88. The van der Waals surface area contributed by atoms with Gasteiger partial charge in [0.15, 0.2) is 0 Å². The maximum Gasteiger partial charge on any atom is 0.224 e. The topological polar surface area (TPSA) is 70.7 Å². The number of benzene rings is 2. The van der Waals surface area contributed by atoms with Crippen LogP contribution in [-0.2, 0) is 16.0 Å². The van der Waals surface area contributed by atoms with Crippen LogP contribution in [0.5, 0.6) is 5.75 Å². The van der Waals surface area contributed by atoms with Gasteiger partial charge in [-0.3, -0.25) is 14.5 Å². The van der Waals surface area contributed by atoms with E-state index in [1.807, 2.05) is 36.4 Å². The molecule has 1 fully saturated rings. The van der Waals surface area contributed by atoms with Crippen molar-refractivity contribution in [2.45, 2.75) is 32.2 Å². The molecule has 1 atom stereocenters. The molecule has 0 aliphatic carbocycles. The van der Waals surface area contributed by atoms with Gasteiger partial charge < -0.3 is 15.4 Å². The lowest BCUT2D eigenvalue weighted by atomic mass is 10.0. The number of ether oxygens (including phenoxy) is 1. The van der Waals surface area contributed by atoms with Crippen LogP contribution in [0.4, 0.5) is 5.69 Å². The molecule has 1 aliphatic rings. The van der Waals surface area contributed by atoms with Crippen LogP contribution >= 0.6 is 0 Å². The summed E-state index contributed by atoms with van der Waals surface area (Å²) in [5, 5.41) is 5.83. The quantitative estimate of drug-likeness (QED) is 0.720. The molecular formula is C23H29N3O3. The highest BCUT2D eigenvalue weighted by atomic mass is 16.5. The maximum atomic E-state index is 12.5. The van der Waals surface area contributed by atoms with E-state index in [-0.39, 0.29) is 17.9 Å². The van der Waals surface area contributed by atoms with E-state index >= 15 is 0 Å². The summed E-state index contributed by atoms with van der Waals surface area (Å²) in [5.41, 5.74) is 2.83. The van der Waals surface area contributed by atoms with Gasteiger partial charge in [-0.25, -0.2) is 0 Å². The average molecular weight is 396 g/mol. The summed E-state index contributed by atoms with van der Waals surface area (Å²) in [6.07, 6.45) is 2.71. The normalized spacial score (nSPS) is 15.0. The van der Waals surface area contributed by atoms with Crippen LogP contribution in [-0.4, -0.2) is 43.5 Å². The Balaban J connectivity index is 1.59. The summed E-state index contributed by atoms with van der Waals surface area (Å²) in [6.45, 7) is 4.16. The number of likely N-dealkylation sites (tertiary alicyclic amines) is 1. The number of anilines is 1. The highest BCUT2D eigenvalue weighted by Gasteiger charge is 2.24. The van der Waals surface area contributed by atoms with E-state index in [4.69, 9.17) is 4.74 Å². The third kappa shape index (κ3) is 6.06. The summed E-state index contributed by atoms with van der Waals surface area (Å²) < 4.78 is 5.26. The van der Waals surface area contributed by atoms with Gasteiger partial charge in [0, 0.05) is 19.2 Å².